The van der Waals surface area contributed by atoms with Crippen molar-refractivity contribution in [3.63, 3.8) is 0 Å². The van der Waals surface area contributed by atoms with Crippen molar-refractivity contribution in [3.8, 4) is 0 Å². The number of likely N-dealkylation sites (tertiary alicyclic amines) is 1. The van der Waals surface area contributed by atoms with Crippen LogP contribution in [0.3, 0.4) is 0 Å². The minimum Gasteiger partial charge on any atom is -0.341 e. The Labute approximate surface area is 61.6 Å². The highest BCUT2D eigenvalue weighted by atomic mass is 16.1. The quantitative estimate of drug-likeness (QED) is 0.509. The van der Waals surface area contributed by atoms with Gasteiger partial charge >= 0.3 is 0 Å². The van der Waals surface area contributed by atoms with Crippen LogP contribution in [0.4, 0.5) is 0 Å². The van der Waals surface area contributed by atoms with Gasteiger partial charge in [0.15, 0.2) is 0 Å². The molecule has 0 N–H and O–H groups in total. The molecule has 0 radical (unpaired) electrons. The highest BCUT2D eigenvalue weighted by Crippen LogP contribution is 2.14. The van der Waals surface area contributed by atoms with E-state index in [-0.39, 0.29) is 0 Å². The van der Waals surface area contributed by atoms with Crippen LogP contribution in [0.15, 0.2) is 0 Å². The van der Waals surface area contributed by atoms with Gasteiger partial charge in [0.2, 0.25) is 6.41 Å². The first-order valence-electron chi connectivity index (χ1n) is 3.60. The molecular formula is C7H14N2O. The number of likely N-dealkylation sites (N-methyl/N-ethyl adjacent to an activating group) is 1. The van der Waals surface area contributed by atoms with E-state index in [2.05, 4.69) is 4.90 Å². The summed E-state index contributed by atoms with van der Waals surface area (Å²) in [6.45, 7) is 1.95. The number of rotatable bonds is 3. The first-order chi connectivity index (χ1) is 4.74. The van der Waals surface area contributed by atoms with Gasteiger partial charge in [-0.15, -0.1) is 0 Å². The second kappa shape index (κ2) is 3.01. The fourth-order valence-electron chi connectivity index (χ4n) is 1.22. The number of hydrogen-bond acceptors (Lipinski definition) is 2. The lowest BCUT2D eigenvalue weighted by atomic mass is 10.0. The largest absolute Gasteiger partial charge is 0.341 e. The zero-order valence-electron chi connectivity index (χ0n) is 6.58. The van der Waals surface area contributed by atoms with E-state index in [1.54, 1.807) is 0 Å². The predicted octanol–water partition coefficient (Wildman–Crippen LogP) is -0.221. The van der Waals surface area contributed by atoms with Crippen LogP contribution in [0.25, 0.3) is 0 Å². The lowest BCUT2D eigenvalue weighted by Gasteiger charge is -2.39. The van der Waals surface area contributed by atoms with Gasteiger partial charge in [0.1, 0.15) is 0 Å². The van der Waals surface area contributed by atoms with Crippen LogP contribution in [0.2, 0.25) is 0 Å². The van der Waals surface area contributed by atoms with E-state index < -0.39 is 0 Å². The molecule has 1 aliphatic rings. The van der Waals surface area contributed by atoms with Crippen molar-refractivity contribution in [1.82, 2.24) is 9.80 Å². The maximum atomic E-state index is 10.3. The van der Waals surface area contributed by atoms with E-state index in [0.29, 0.717) is 6.04 Å². The number of nitrogens with zero attached hydrogens (tertiary/aromatic N) is 2. The zero-order valence-corrected chi connectivity index (χ0v) is 6.58. The fraction of sp³-hybridized carbons (Fsp3) is 0.857. The molecule has 1 saturated heterocycles. The molecule has 3 heteroatoms. The lowest BCUT2D eigenvalue weighted by molar-refractivity contribution is -0.125. The minimum absolute atomic E-state index is 0.479. The molecule has 58 valence electrons. The third kappa shape index (κ3) is 1.48. The van der Waals surface area contributed by atoms with Crippen molar-refractivity contribution in [1.29, 1.82) is 0 Å². The van der Waals surface area contributed by atoms with Gasteiger partial charge in [-0.25, -0.2) is 0 Å². The number of carbonyl (C=O) groups excluding carboxylic acids is 1. The van der Waals surface area contributed by atoms with Crippen molar-refractivity contribution in [2.24, 2.45) is 0 Å². The highest BCUT2D eigenvalue weighted by molar-refractivity contribution is 5.49. The van der Waals surface area contributed by atoms with E-state index in [4.69, 9.17) is 0 Å². The molecule has 1 rings (SSSR count). The second-order valence-electron chi connectivity index (χ2n) is 3.05. The van der Waals surface area contributed by atoms with Crippen molar-refractivity contribution in [2.75, 3.05) is 27.2 Å². The minimum atomic E-state index is 0.479. The Morgan fingerprint density at radius 2 is 2.40 bits per heavy atom. The van der Waals surface area contributed by atoms with Crippen LogP contribution < -0.4 is 0 Å². The van der Waals surface area contributed by atoms with Crippen LogP contribution in [0.1, 0.15) is 6.42 Å². The van der Waals surface area contributed by atoms with Gasteiger partial charge in [-0.1, -0.05) is 0 Å². The van der Waals surface area contributed by atoms with Crippen LogP contribution in [0, 0.1) is 0 Å². The van der Waals surface area contributed by atoms with Gasteiger partial charge in [-0.3, -0.25) is 4.79 Å². The predicted molar refractivity (Wildman–Crippen MR) is 39.7 cm³/mol. The summed E-state index contributed by atoms with van der Waals surface area (Å²) < 4.78 is 0. The van der Waals surface area contributed by atoms with Crippen molar-refractivity contribution in [2.45, 2.75) is 12.5 Å². The Morgan fingerprint density at radius 3 is 2.70 bits per heavy atom. The number of carbonyl (C=O) groups is 1. The van der Waals surface area contributed by atoms with E-state index in [9.17, 15) is 4.79 Å². The highest BCUT2D eigenvalue weighted by Gasteiger charge is 2.26. The molecule has 0 aromatic rings. The molecule has 0 bridgehead atoms. The van der Waals surface area contributed by atoms with Gasteiger partial charge in [-0.05, 0) is 20.5 Å². The molecule has 1 heterocycles. The molecule has 10 heavy (non-hydrogen) atoms. The molecule has 1 unspecified atom stereocenters. The van der Waals surface area contributed by atoms with E-state index in [0.717, 1.165) is 25.9 Å². The maximum absolute atomic E-state index is 10.3. The lowest BCUT2D eigenvalue weighted by Crippen LogP contribution is -2.51. The summed E-state index contributed by atoms with van der Waals surface area (Å²) in [7, 11) is 4.06. The molecule has 0 saturated carbocycles. The second-order valence-corrected chi connectivity index (χ2v) is 3.05. The van der Waals surface area contributed by atoms with Gasteiger partial charge in [0.05, 0.1) is 0 Å². The van der Waals surface area contributed by atoms with Crippen LogP contribution in [-0.2, 0) is 4.79 Å². The van der Waals surface area contributed by atoms with E-state index in [1.165, 1.54) is 0 Å². The first-order valence-corrected chi connectivity index (χ1v) is 3.60. The Balaban J connectivity index is 2.22. The summed E-state index contributed by atoms with van der Waals surface area (Å²) in [5, 5.41) is 0. The van der Waals surface area contributed by atoms with E-state index in [1.807, 2.05) is 19.0 Å². The van der Waals surface area contributed by atoms with Crippen molar-refractivity contribution < 1.29 is 4.79 Å². The average Bonchev–Trinajstić information content (AvgIpc) is 1.82. The first kappa shape index (κ1) is 7.54. The molecule has 1 atom stereocenters. The summed E-state index contributed by atoms with van der Waals surface area (Å²) >= 11 is 0. The summed E-state index contributed by atoms with van der Waals surface area (Å²) in [4.78, 5) is 14.2. The van der Waals surface area contributed by atoms with Crippen molar-refractivity contribution >= 4 is 6.41 Å². The SMILES string of the molecule is CN(C)CC1CCN1C=O. The number of hydrogen-bond donors (Lipinski definition) is 0. The molecule has 0 aliphatic carbocycles. The molecule has 1 aliphatic heterocycles. The Bertz CT molecular complexity index is 125. The Morgan fingerprint density at radius 1 is 1.70 bits per heavy atom. The summed E-state index contributed by atoms with van der Waals surface area (Å²) in [6, 6.07) is 0.479. The van der Waals surface area contributed by atoms with E-state index >= 15 is 0 Å². The number of amides is 1. The molecule has 0 aromatic carbocycles. The monoisotopic (exact) mass is 142 g/mol. The zero-order chi connectivity index (χ0) is 7.56. The Kier molecular flexibility index (Phi) is 2.27. The van der Waals surface area contributed by atoms with Gasteiger partial charge in [0.25, 0.3) is 0 Å². The van der Waals surface area contributed by atoms with Gasteiger partial charge < -0.3 is 9.80 Å². The van der Waals surface area contributed by atoms with Crippen molar-refractivity contribution in [3.05, 3.63) is 0 Å². The molecule has 0 spiro atoms. The van der Waals surface area contributed by atoms with Crippen LogP contribution >= 0.6 is 0 Å². The smallest absolute Gasteiger partial charge is 0.210 e. The normalized spacial score (nSPS) is 24.7. The average molecular weight is 142 g/mol. The molecule has 3 nitrogen and oxygen atoms in total. The third-order valence-corrected chi connectivity index (χ3v) is 1.90. The molecule has 1 fully saturated rings. The van der Waals surface area contributed by atoms with Crippen LogP contribution in [-0.4, -0.2) is 49.4 Å². The third-order valence-electron chi connectivity index (χ3n) is 1.90. The van der Waals surface area contributed by atoms with Crippen LogP contribution in [0.5, 0.6) is 0 Å². The summed E-state index contributed by atoms with van der Waals surface area (Å²) in [5.41, 5.74) is 0. The van der Waals surface area contributed by atoms with Gasteiger partial charge in [0, 0.05) is 19.1 Å². The molecule has 0 aromatic heterocycles. The standard InChI is InChI=1S/C7H14N2O/c1-8(2)5-7-3-4-9(7)6-10/h6-7H,3-5H2,1-2H3. The summed E-state index contributed by atoms with van der Waals surface area (Å²) in [5.74, 6) is 0. The summed E-state index contributed by atoms with van der Waals surface area (Å²) in [6.07, 6.45) is 2.11. The molecular weight excluding hydrogens is 128 g/mol. The Hall–Kier alpha value is -0.570. The van der Waals surface area contributed by atoms with Gasteiger partial charge in [-0.2, -0.15) is 0 Å². The fourth-order valence-corrected chi connectivity index (χ4v) is 1.22. The molecule has 1 amide bonds. The maximum Gasteiger partial charge on any atom is 0.210 e. The topological polar surface area (TPSA) is 23.6 Å².